The Bertz CT molecular complexity index is 394. The Morgan fingerprint density at radius 1 is 1.67 bits per heavy atom. The standard InChI is InChI=1S/C13H20ClN3O/c1-2-16-12(7-10-4-3-5-18-10)11-6-9(14)8-17-13(11)15/h6,8,10,12,16H,2-5,7H2,1H3,(H2,15,17). The Labute approximate surface area is 113 Å². The smallest absolute Gasteiger partial charge is 0.128 e. The van der Waals surface area contributed by atoms with Crippen LogP contribution in [0.1, 0.15) is 37.8 Å². The normalized spacial score (nSPS) is 21.1. The third-order valence-corrected chi connectivity index (χ3v) is 3.47. The third-order valence-electron chi connectivity index (χ3n) is 3.26. The molecule has 1 saturated heterocycles. The average Bonchev–Trinajstić information content (AvgIpc) is 2.85. The largest absolute Gasteiger partial charge is 0.383 e. The number of nitrogens with one attached hydrogen (secondary N) is 1. The van der Waals surface area contributed by atoms with Gasteiger partial charge in [-0.1, -0.05) is 18.5 Å². The highest BCUT2D eigenvalue weighted by Crippen LogP contribution is 2.29. The van der Waals surface area contributed by atoms with Gasteiger partial charge in [-0.15, -0.1) is 0 Å². The number of hydrogen-bond acceptors (Lipinski definition) is 4. The van der Waals surface area contributed by atoms with E-state index in [9.17, 15) is 0 Å². The van der Waals surface area contributed by atoms with Gasteiger partial charge >= 0.3 is 0 Å². The minimum atomic E-state index is 0.157. The summed E-state index contributed by atoms with van der Waals surface area (Å²) in [7, 11) is 0. The molecule has 18 heavy (non-hydrogen) atoms. The quantitative estimate of drug-likeness (QED) is 0.862. The maximum atomic E-state index is 6.00. The van der Waals surface area contributed by atoms with Gasteiger partial charge in [0, 0.05) is 24.4 Å². The number of nitrogen functional groups attached to an aromatic ring is 1. The molecule has 1 fully saturated rings. The first-order valence-electron chi connectivity index (χ1n) is 6.46. The van der Waals surface area contributed by atoms with E-state index in [2.05, 4.69) is 17.2 Å². The van der Waals surface area contributed by atoms with Crippen molar-refractivity contribution in [2.45, 2.75) is 38.3 Å². The Morgan fingerprint density at radius 2 is 2.50 bits per heavy atom. The van der Waals surface area contributed by atoms with Gasteiger partial charge in [-0.2, -0.15) is 0 Å². The van der Waals surface area contributed by atoms with Crippen molar-refractivity contribution in [3.05, 3.63) is 22.8 Å². The average molecular weight is 270 g/mol. The van der Waals surface area contributed by atoms with Crippen molar-refractivity contribution in [1.82, 2.24) is 10.3 Å². The number of nitrogens with zero attached hydrogens (tertiary/aromatic N) is 1. The SMILES string of the molecule is CCNC(CC1CCCO1)c1cc(Cl)cnc1N. The number of pyridine rings is 1. The number of hydrogen-bond donors (Lipinski definition) is 2. The molecule has 4 nitrogen and oxygen atoms in total. The van der Waals surface area contributed by atoms with Crippen LogP contribution in [0.25, 0.3) is 0 Å². The van der Waals surface area contributed by atoms with Gasteiger partial charge < -0.3 is 15.8 Å². The van der Waals surface area contributed by atoms with Crippen LogP contribution < -0.4 is 11.1 Å². The highest BCUT2D eigenvalue weighted by molar-refractivity contribution is 6.30. The van der Waals surface area contributed by atoms with Crippen molar-refractivity contribution >= 4 is 17.4 Å². The molecule has 0 radical (unpaired) electrons. The maximum Gasteiger partial charge on any atom is 0.128 e. The van der Waals surface area contributed by atoms with Crippen molar-refractivity contribution in [2.24, 2.45) is 0 Å². The van der Waals surface area contributed by atoms with Crippen LogP contribution in [0.5, 0.6) is 0 Å². The Morgan fingerprint density at radius 3 is 3.17 bits per heavy atom. The van der Waals surface area contributed by atoms with Gasteiger partial charge in [0.25, 0.3) is 0 Å². The second kappa shape index (κ2) is 6.36. The van der Waals surface area contributed by atoms with Gasteiger partial charge in [0.15, 0.2) is 0 Å². The molecule has 3 N–H and O–H groups in total. The number of aromatic nitrogens is 1. The third kappa shape index (κ3) is 3.34. The monoisotopic (exact) mass is 269 g/mol. The first-order valence-corrected chi connectivity index (χ1v) is 6.84. The van der Waals surface area contributed by atoms with Crippen LogP contribution in [-0.4, -0.2) is 24.2 Å². The molecule has 0 aromatic carbocycles. The van der Waals surface area contributed by atoms with Gasteiger partial charge in [-0.05, 0) is 31.9 Å². The summed E-state index contributed by atoms with van der Waals surface area (Å²) in [5.74, 6) is 0.545. The summed E-state index contributed by atoms with van der Waals surface area (Å²) >= 11 is 6.00. The van der Waals surface area contributed by atoms with E-state index in [0.717, 1.165) is 38.0 Å². The van der Waals surface area contributed by atoms with Crippen LogP contribution in [0.15, 0.2) is 12.3 Å². The van der Waals surface area contributed by atoms with Crippen molar-refractivity contribution < 1.29 is 4.74 Å². The van der Waals surface area contributed by atoms with Crippen molar-refractivity contribution in [1.29, 1.82) is 0 Å². The van der Waals surface area contributed by atoms with Gasteiger partial charge in [-0.3, -0.25) is 0 Å². The lowest BCUT2D eigenvalue weighted by Gasteiger charge is -2.22. The van der Waals surface area contributed by atoms with Crippen molar-refractivity contribution in [2.75, 3.05) is 18.9 Å². The Balaban J connectivity index is 2.14. The molecule has 2 atom stereocenters. The molecule has 0 saturated carbocycles. The van der Waals surface area contributed by atoms with Gasteiger partial charge in [0.05, 0.1) is 11.1 Å². The molecule has 2 heterocycles. The molecule has 1 aliphatic heterocycles. The molecular weight excluding hydrogens is 250 g/mol. The first kappa shape index (κ1) is 13.6. The Hall–Kier alpha value is -0.840. The van der Waals surface area contributed by atoms with Crippen LogP contribution in [0, 0.1) is 0 Å². The van der Waals surface area contributed by atoms with E-state index >= 15 is 0 Å². The predicted octanol–water partition coefficient (Wildman–Crippen LogP) is 2.54. The maximum absolute atomic E-state index is 6.00. The Kier molecular flexibility index (Phi) is 4.80. The number of nitrogens with two attached hydrogens (primary N) is 1. The highest BCUT2D eigenvalue weighted by atomic mass is 35.5. The van der Waals surface area contributed by atoms with Crippen LogP contribution in [0.3, 0.4) is 0 Å². The number of anilines is 1. The molecule has 0 spiro atoms. The molecule has 100 valence electrons. The van der Waals surface area contributed by atoms with E-state index in [1.807, 2.05) is 6.07 Å². The minimum absolute atomic E-state index is 0.157. The van der Waals surface area contributed by atoms with E-state index in [-0.39, 0.29) is 6.04 Å². The molecule has 0 amide bonds. The first-order chi connectivity index (χ1) is 8.70. The number of halogens is 1. The van der Waals surface area contributed by atoms with Crippen LogP contribution >= 0.6 is 11.6 Å². The summed E-state index contributed by atoms with van der Waals surface area (Å²) in [5, 5.41) is 4.06. The number of rotatable bonds is 5. The molecule has 5 heteroatoms. The molecular formula is C13H20ClN3O. The lowest BCUT2D eigenvalue weighted by Crippen LogP contribution is -2.26. The van der Waals surface area contributed by atoms with Crippen molar-refractivity contribution in [3.63, 3.8) is 0 Å². The molecule has 1 aliphatic rings. The lowest BCUT2D eigenvalue weighted by molar-refractivity contribution is 0.0948. The fraction of sp³-hybridized carbons (Fsp3) is 0.615. The van der Waals surface area contributed by atoms with Crippen molar-refractivity contribution in [3.8, 4) is 0 Å². The molecule has 0 aliphatic carbocycles. The molecule has 2 unspecified atom stereocenters. The predicted molar refractivity (Wildman–Crippen MR) is 73.7 cm³/mol. The van der Waals surface area contributed by atoms with Crippen LogP contribution in [0.4, 0.5) is 5.82 Å². The van der Waals surface area contributed by atoms with E-state index in [4.69, 9.17) is 22.1 Å². The summed E-state index contributed by atoms with van der Waals surface area (Å²) in [5.41, 5.74) is 6.92. The summed E-state index contributed by atoms with van der Waals surface area (Å²) in [6.45, 7) is 3.83. The van der Waals surface area contributed by atoms with E-state index in [1.54, 1.807) is 6.20 Å². The second-order valence-corrected chi connectivity index (χ2v) is 5.05. The lowest BCUT2D eigenvalue weighted by atomic mass is 9.99. The molecule has 0 bridgehead atoms. The fourth-order valence-electron chi connectivity index (χ4n) is 2.40. The molecule has 1 aromatic rings. The zero-order valence-corrected chi connectivity index (χ0v) is 11.4. The number of ether oxygens (including phenoxy) is 1. The highest BCUT2D eigenvalue weighted by Gasteiger charge is 2.23. The zero-order valence-electron chi connectivity index (χ0n) is 10.7. The summed E-state index contributed by atoms with van der Waals surface area (Å²) in [6.07, 6.45) is 5.07. The van der Waals surface area contributed by atoms with E-state index < -0.39 is 0 Å². The summed E-state index contributed by atoms with van der Waals surface area (Å²) in [4.78, 5) is 4.12. The molecule has 1 aromatic heterocycles. The van der Waals surface area contributed by atoms with Crippen LogP contribution in [-0.2, 0) is 4.74 Å². The van der Waals surface area contributed by atoms with Gasteiger partial charge in [-0.25, -0.2) is 4.98 Å². The van der Waals surface area contributed by atoms with Gasteiger partial charge in [0.2, 0.25) is 0 Å². The fourth-order valence-corrected chi connectivity index (χ4v) is 2.57. The van der Waals surface area contributed by atoms with E-state index in [1.165, 1.54) is 0 Å². The summed E-state index contributed by atoms with van der Waals surface area (Å²) in [6, 6.07) is 2.05. The van der Waals surface area contributed by atoms with E-state index in [0.29, 0.717) is 16.9 Å². The second-order valence-electron chi connectivity index (χ2n) is 4.61. The van der Waals surface area contributed by atoms with Crippen LogP contribution in [0.2, 0.25) is 5.02 Å². The minimum Gasteiger partial charge on any atom is -0.383 e. The van der Waals surface area contributed by atoms with Gasteiger partial charge in [0.1, 0.15) is 5.82 Å². The molecule has 2 rings (SSSR count). The topological polar surface area (TPSA) is 60.2 Å². The zero-order chi connectivity index (χ0) is 13.0. The summed E-state index contributed by atoms with van der Waals surface area (Å²) < 4.78 is 5.69.